The minimum atomic E-state index is -0.584. The van der Waals surface area contributed by atoms with E-state index in [2.05, 4.69) is 29.0 Å². The van der Waals surface area contributed by atoms with E-state index in [4.69, 9.17) is 15.9 Å². The van der Waals surface area contributed by atoms with Gasteiger partial charge in [-0.3, -0.25) is 0 Å². The third-order valence-corrected chi connectivity index (χ3v) is 5.90. The van der Waals surface area contributed by atoms with Crippen LogP contribution in [0, 0.1) is 5.92 Å². The van der Waals surface area contributed by atoms with Gasteiger partial charge in [0.2, 0.25) is 5.96 Å². The van der Waals surface area contributed by atoms with Crippen LogP contribution in [0.25, 0.3) is 11.0 Å². The van der Waals surface area contributed by atoms with Gasteiger partial charge in [-0.2, -0.15) is 5.10 Å². The first-order valence-corrected chi connectivity index (χ1v) is 11.0. The molecule has 8 heteroatoms. The number of para-hydroxylation sites is 1. The van der Waals surface area contributed by atoms with Crippen LogP contribution in [-0.4, -0.2) is 41.3 Å². The highest BCUT2D eigenvalue weighted by Crippen LogP contribution is 2.39. The lowest BCUT2D eigenvalue weighted by molar-refractivity contribution is 0.269. The van der Waals surface area contributed by atoms with Crippen molar-refractivity contribution in [2.45, 2.75) is 26.7 Å². The van der Waals surface area contributed by atoms with Gasteiger partial charge in [-0.1, -0.05) is 56.3 Å². The van der Waals surface area contributed by atoms with Crippen molar-refractivity contribution >= 4 is 22.6 Å². The molecule has 0 unspecified atom stereocenters. The van der Waals surface area contributed by atoms with Gasteiger partial charge in [-0.05, 0) is 37.7 Å². The summed E-state index contributed by atoms with van der Waals surface area (Å²) >= 11 is 0. The normalized spacial score (nSPS) is 13.8. The summed E-state index contributed by atoms with van der Waals surface area (Å²) in [7, 11) is 0. The number of aromatic hydroxyl groups is 1. The molecule has 1 aromatic heterocycles. The second-order valence-corrected chi connectivity index (χ2v) is 7.89. The Morgan fingerprint density at radius 3 is 2.30 bits per heavy atom. The molecule has 0 bridgehead atoms. The number of nitrogens with two attached hydrogens (primary N) is 2. The van der Waals surface area contributed by atoms with Crippen LogP contribution in [0.2, 0.25) is 0 Å². The lowest BCUT2D eigenvalue weighted by Crippen LogP contribution is -2.37. The molecule has 0 aliphatic rings. The number of nitrogens with zero attached hydrogens (tertiary/aromatic N) is 3. The minimum Gasteiger partial charge on any atom is -0.507 e. The van der Waals surface area contributed by atoms with Gasteiger partial charge in [0.05, 0.1) is 10.9 Å². The van der Waals surface area contributed by atoms with Gasteiger partial charge in [-0.25, -0.2) is 4.79 Å². The number of hydrogen-bond acceptors (Lipinski definition) is 6. The van der Waals surface area contributed by atoms with Gasteiger partial charge in [0.1, 0.15) is 11.3 Å². The Hall–Kier alpha value is -3.65. The fraction of sp³-hybridized carbons (Fsp3) is 0.320. The van der Waals surface area contributed by atoms with Gasteiger partial charge in [-0.15, -0.1) is 5.10 Å². The van der Waals surface area contributed by atoms with Crippen LogP contribution < -0.4 is 17.1 Å². The standard InChI is InChI=1S/C25H31N5O3/c1-4-30(5-2)15-19(16(3)28-29-25(26)27)21(17-11-7-6-8-12-17)22-23(31)18-13-9-10-14-20(18)33-24(22)32/h6-14,19,21,31H,4-5,15H2,1-3H3,(H4,26,27,29)/b28-16-/t19-,21-/m0/s1. The van der Waals surface area contributed by atoms with Crippen LogP contribution >= 0.6 is 0 Å². The molecule has 2 atom stereocenters. The molecule has 0 amide bonds. The molecular weight excluding hydrogens is 418 g/mol. The fourth-order valence-electron chi connectivity index (χ4n) is 4.13. The first-order chi connectivity index (χ1) is 15.9. The largest absolute Gasteiger partial charge is 0.507 e. The van der Waals surface area contributed by atoms with E-state index in [9.17, 15) is 9.90 Å². The summed E-state index contributed by atoms with van der Waals surface area (Å²) in [6.45, 7) is 8.17. The van der Waals surface area contributed by atoms with Gasteiger partial charge in [0, 0.05) is 24.1 Å². The van der Waals surface area contributed by atoms with Crippen LogP contribution in [0.15, 0.2) is 74.0 Å². The lowest BCUT2D eigenvalue weighted by atomic mass is 9.78. The first-order valence-electron chi connectivity index (χ1n) is 11.0. The van der Waals surface area contributed by atoms with Gasteiger partial charge < -0.3 is 25.9 Å². The van der Waals surface area contributed by atoms with E-state index in [1.807, 2.05) is 37.3 Å². The van der Waals surface area contributed by atoms with E-state index in [-0.39, 0.29) is 23.2 Å². The van der Waals surface area contributed by atoms with E-state index in [0.717, 1.165) is 18.7 Å². The average molecular weight is 450 g/mol. The summed E-state index contributed by atoms with van der Waals surface area (Å²) in [4.78, 5) is 15.5. The molecule has 0 saturated heterocycles. The van der Waals surface area contributed by atoms with Crippen molar-refractivity contribution in [2.75, 3.05) is 19.6 Å². The zero-order valence-corrected chi connectivity index (χ0v) is 19.2. The summed E-state index contributed by atoms with van der Waals surface area (Å²) in [5, 5.41) is 19.9. The zero-order valence-electron chi connectivity index (χ0n) is 19.2. The Morgan fingerprint density at radius 2 is 1.67 bits per heavy atom. The number of guanidine groups is 1. The van der Waals surface area contributed by atoms with Crippen LogP contribution in [0.5, 0.6) is 5.75 Å². The van der Waals surface area contributed by atoms with Crippen molar-refractivity contribution < 1.29 is 9.52 Å². The van der Waals surface area contributed by atoms with Crippen molar-refractivity contribution in [1.82, 2.24) is 4.90 Å². The molecule has 0 radical (unpaired) electrons. The average Bonchev–Trinajstić information content (AvgIpc) is 2.82. The monoisotopic (exact) mass is 449 g/mol. The van der Waals surface area contributed by atoms with Crippen molar-refractivity contribution in [1.29, 1.82) is 0 Å². The number of rotatable bonds is 9. The van der Waals surface area contributed by atoms with Gasteiger partial charge >= 0.3 is 5.63 Å². The highest BCUT2D eigenvalue weighted by molar-refractivity contribution is 5.89. The molecule has 2 aromatic carbocycles. The molecular formula is C25H31N5O3. The Balaban J connectivity index is 2.30. The maximum absolute atomic E-state index is 13.2. The van der Waals surface area contributed by atoms with Crippen molar-refractivity contribution in [3.05, 3.63) is 76.1 Å². The molecule has 5 N–H and O–H groups in total. The van der Waals surface area contributed by atoms with Crippen molar-refractivity contribution in [2.24, 2.45) is 27.6 Å². The number of fused-ring (bicyclic) bond motifs is 1. The molecule has 0 saturated carbocycles. The Labute approximate surface area is 193 Å². The highest BCUT2D eigenvalue weighted by Gasteiger charge is 2.34. The topological polar surface area (TPSA) is 130 Å². The molecule has 0 aliphatic heterocycles. The first kappa shape index (κ1) is 24.0. The second-order valence-electron chi connectivity index (χ2n) is 7.89. The second kappa shape index (κ2) is 10.8. The maximum atomic E-state index is 13.2. The third kappa shape index (κ3) is 5.40. The van der Waals surface area contributed by atoms with Crippen molar-refractivity contribution in [3.63, 3.8) is 0 Å². The predicted octanol–water partition coefficient (Wildman–Crippen LogP) is 3.24. The van der Waals surface area contributed by atoms with Crippen LogP contribution in [0.3, 0.4) is 0 Å². The van der Waals surface area contributed by atoms with Crippen LogP contribution in [0.4, 0.5) is 0 Å². The lowest BCUT2D eigenvalue weighted by Gasteiger charge is -2.32. The molecule has 0 spiro atoms. The highest BCUT2D eigenvalue weighted by atomic mass is 16.4. The Kier molecular flexibility index (Phi) is 7.84. The van der Waals surface area contributed by atoms with Crippen molar-refractivity contribution in [3.8, 4) is 5.75 Å². The van der Waals surface area contributed by atoms with E-state index >= 15 is 0 Å². The Morgan fingerprint density at radius 1 is 1.03 bits per heavy atom. The molecule has 0 fully saturated rings. The molecule has 1 heterocycles. The third-order valence-electron chi connectivity index (χ3n) is 5.90. The van der Waals surface area contributed by atoms with E-state index in [1.54, 1.807) is 24.3 Å². The number of benzene rings is 2. The van der Waals surface area contributed by atoms with Crippen LogP contribution in [-0.2, 0) is 0 Å². The van der Waals surface area contributed by atoms with Gasteiger partial charge in [0.25, 0.3) is 0 Å². The van der Waals surface area contributed by atoms with E-state index in [0.29, 0.717) is 23.2 Å². The minimum absolute atomic E-state index is 0.0881. The summed E-state index contributed by atoms with van der Waals surface area (Å²) in [5.41, 5.74) is 12.4. The smallest absolute Gasteiger partial charge is 0.343 e. The SMILES string of the molecule is CCN(CC)C[C@@H](/C(C)=N\N=C(N)N)[C@H](c1ccccc1)c1c(O)c2ccccc2oc1=O. The molecule has 0 aliphatic carbocycles. The molecule has 8 nitrogen and oxygen atoms in total. The fourth-order valence-corrected chi connectivity index (χ4v) is 4.13. The zero-order chi connectivity index (χ0) is 24.0. The summed E-state index contributed by atoms with van der Waals surface area (Å²) < 4.78 is 5.63. The van der Waals surface area contributed by atoms with Gasteiger partial charge in [0.15, 0.2) is 0 Å². The maximum Gasteiger partial charge on any atom is 0.343 e. The molecule has 174 valence electrons. The quantitative estimate of drug-likeness (QED) is 0.199. The molecule has 3 aromatic rings. The summed E-state index contributed by atoms with van der Waals surface area (Å²) in [5.74, 6) is -1.09. The summed E-state index contributed by atoms with van der Waals surface area (Å²) in [6, 6.07) is 16.5. The molecule has 3 rings (SSSR count). The van der Waals surface area contributed by atoms with Crippen LogP contribution in [0.1, 0.15) is 37.8 Å². The summed E-state index contributed by atoms with van der Waals surface area (Å²) in [6.07, 6.45) is 0. The van der Waals surface area contributed by atoms with E-state index < -0.39 is 11.5 Å². The van der Waals surface area contributed by atoms with E-state index in [1.165, 1.54) is 0 Å². The Bertz CT molecular complexity index is 1200. The molecule has 33 heavy (non-hydrogen) atoms. The number of hydrogen-bond donors (Lipinski definition) is 3. The predicted molar refractivity (Wildman–Crippen MR) is 133 cm³/mol.